The molecule has 122 valence electrons. The van der Waals surface area contributed by atoms with Crippen LogP contribution in [-0.4, -0.2) is 78.6 Å². The molecule has 2 fully saturated rings. The quantitative estimate of drug-likeness (QED) is 0.777. The molecule has 0 aromatic carbocycles. The number of nitrogens with zero attached hydrogens (tertiary/aromatic N) is 4. The number of hydrogen-bond donors (Lipinski definition) is 2. The van der Waals surface area contributed by atoms with Gasteiger partial charge in [-0.15, -0.1) is 0 Å². The van der Waals surface area contributed by atoms with Gasteiger partial charge in [0.25, 0.3) is 0 Å². The standard InChI is InChI=1S/C15H25N5O2/c21-11-13-2-1-4-20(13)15-10-14(17-12-18-15)16-3-5-19-6-8-22-9-7-19/h10,12-13,21H,1-9,11H2,(H,16,17,18)/t13-/m0/s1. The molecule has 7 heteroatoms. The predicted octanol–water partition coefficient (Wildman–Crippen LogP) is 0.182. The summed E-state index contributed by atoms with van der Waals surface area (Å²) in [5.41, 5.74) is 0. The van der Waals surface area contributed by atoms with Gasteiger partial charge in [-0.1, -0.05) is 0 Å². The second-order valence-corrected chi connectivity index (χ2v) is 5.81. The van der Waals surface area contributed by atoms with Crippen molar-refractivity contribution in [2.24, 2.45) is 0 Å². The summed E-state index contributed by atoms with van der Waals surface area (Å²) in [6.45, 7) is 6.65. The molecule has 0 unspecified atom stereocenters. The smallest absolute Gasteiger partial charge is 0.134 e. The van der Waals surface area contributed by atoms with Crippen LogP contribution in [-0.2, 0) is 4.74 Å². The molecule has 2 aliphatic rings. The third kappa shape index (κ3) is 3.85. The first-order valence-electron chi connectivity index (χ1n) is 8.10. The Morgan fingerprint density at radius 1 is 1.27 bits per heavy atom. The third-order valence-electron chi connectivity index (χ3n) is 4.37. The van der Waals surface area contributed by atoms with Gasteiger partial charge in [0.1, 0.15) is 18.0 Å². The van der Waals surface area contributed by atoms with Gasteiger partial charge < -0.3 is 20.1 Å². The van der Waals surface area contributed by atoms with E-state index in [0.29, 0.717) is 0 Å². The maximum atomic E-state index is 9.44. The molecule has 3 rings (SSSR count). The summed E-state index contributed by atoms with van der Waals surface area (Å²) in [6, 6.07) is 2.17. The maximum absolute atomic E-state index is 9.44. The minimum atomic E-state index is 0.184. The van der Waals surface area contributed by atoms with Crippen LogP contribution in [0.4, 0.5) is 11.6 Å². The van der Waals surface area contributed by atoms with E-state index in [2.05, 4.69) is 25.1 Å². The van der Waals surface area contributed by atoms with Crippen molar-refractivity contribution < 1.29 is 9.84 Å². The maximum Gasteiger partial charge on any atom is 0.134 e. The number of aromatic nitrogens is 2. The van der Waals surface area contributed by atoms with Crippen molar-refractivity contribution in [1.82, 2.24) is 14.9 Å². The van der Waals surface area contributed by atoms with E-state index < -0.39 is 0 Å². The first-order valence-corrected chi connectivity index (χ1v) is 8.10. The number of morpholine rings is 1. The molecule has 3 heterocycles. The van der Waals surface area contributed by atoms with Crippen molar-refractivity contribution in [3.05, 3.63) is 12.4 Å². The fourth-order valence-corrected chi connectivity index (χ4v) is 3.09. The lowest BCUT2D eigenvalue weighted by molar-refractivity contribution is 0.0398. The molecule has 2 saturated heterocycles. The molecule has 1 aromatic heterocycles. The molecule has 1 aromatic rings. The molecule has 0 radical (unpaired) electrons. The van der Waals surface area contributed by atoms with E-state index in [1.807, 2.05) is 6.07 Å². The van der Waals surface area contributed by atoms with Gasteiger partial charge in [-0.3, -0.25) is 4.90 Å². The lowest BCUT2D eigenvalue weighted by Crippen LogP contribution is -2.39. The average molecular weight is 307 g/mol. The van der Waals surface area contributed by atoms with Crippen LogP contribution in [0.15, 0.2) is 12.4 Å². The molecule has 0 amide bonds. The average Bonchev–Trinajstić information content (AvgIpc) is 3.05. The van der Waals surface area contributed by atoms with E-state index in [1.54, 1.807) is 6.33 Å². The molecule has 2 aliphatic heterocycles. The van der Waals surface area contributed by atoms with Crippen LogP contribution in [0.3, 0.4) is 0 Å². The van der Waals surface area contributed by atoms with Crippen molar-refractivity contribution in [1.29, 1.82) is 0 Å². The minimum absolute atomic E-state index is 0.184. The van der Waals surface area contributed by atoms with E-state index in [-0.39, 0.29) is 12.6 Å². The zero-order chi connectivity index (χ0) is 15.2. The Bertz CT molecular complexity index is 467. The van der Waals surface area contributed by atoms with Crippen LogP contribution in [0.5, 0.6) is 0 Å². The highest BCUT2D eigenvalue weighted by Crippen LogP contribution is 2.24. The molecule has 0 saturated carbocycles. The monoisotopic (exact) mass is 307 g/mol. The summed E-state index contributed by atoms with van der Waals surface area (Å²) >= 11 is 0. The first-order chi connectivity index (χ1) is 10.9. The molecule has 22 heavy (non-hydrogen) atoms. The summed E-state index contributed by atoms with van der Waals surface area (Å²) in [5.74, 6) is 1.75. The van der Waals surface area contributed by atoms with Crippen LogP contribution in [0.1, 0.15) is 12.8 Å². The molecule has 0 aliphatic carbocycles. The molecular weight excluding hydrogens is 282 g/mol. The Kier molecular flexibility index (Phi) is 5.42. The number of anilines is 2. The summed E-state index contributed by atoms with van der Waals surface area (Å²) in [6.07, 6.45) is 3.73. The van der Waals surface area contributed by atoms with E-state index in [1.165, 1.54) is 0 Å². The van der Waals surface area contributed by atoms with Crippen molar-refractivity contribution >= 4 is 11.6 Å². The number of aliphatic hydroxyl groups is 1. The number of nitrogens with one attached hydrogen (secondary N) is 1. The van der Waals surface area contributed by atoms with Crippen LogP contribution < -0.4 is 10.2 Å². The van der Waals surface area contributed by atoms with Crippen LogP contribution in [0.2, 0.25) is 0 Å². The number of ether oxygens (including phenoxy) is 1. The van der Waals surface area contributed by atoms with Crippen molar-refractivity contribution in [3.8, 4) is 0 Å². The summed E-state index contributed by atoms with van der Waals surface area (Å²) < 4.78 is 5.35. The summed E-state index contributed by atoms with van der Waals surface area (Å²) in [5, 5.41) is 12.8. The van der Waals surface area contributed by atoms with E-state index >= 15 is 0 Å². The van der Waals surface area contributed by atoms with E-state index in [0.717, 1.165) is 70.4 Å². The van der Waals surface area contributed by atoms with Gasteiger partial charge in [-0.05, 0) is 12.8 Å². The van der Waals surface area contributed by atoms with Crippen LogP contribution in [0.25, 0.3) is 0 Å². The second kappa shape index (κ2) is 7.71. The molecule has 0 spiro atoms. The van der Waals surface area contributed by atoms with Gasteiger partial charge in [0, 0.05) is 38.8 Å². The highest BCUT2D eigenvalue weighted by molar-refractivity contribution is 5.49. The molecule has 7 nitrogen and oxygen atoms in total. The molecule has 1 atom stereocenters. The SMILES string of the molecule is OC[C@@H]1CCCN1c1cc(NCCN2CCOCC2)ncn1. The van der Waals surface area contributed by atoms with Crippen molar-refractivity contribution in [2.45, 2.75) is 18.9 Å². The molecule has 0 bridgehead atoms. The predicted molar refractivity (Wildman–Crippen MR) is 85.2 cm³/mol. The van der Waals surface area contributed by atoms with Crippen molar-refractivity contribution in [2.75, 3.05) is 62.8 Å². The Morgan fingerprint density at radius 2 is 2.14 bits per heavy atom. The Morgan fingerprint density at radius 3 is 2.95 bits per heavy atom. The Hall–Kier alpha value is -1.44. The minimum Gasteiger partial charge on any atom is -0.394 e. The first kappa shape index (κ1) is 15.5. The van der Waals surface area contributed by atoms with E-state index in [4.69, 9.17) is 4.74 Å². The van der Waals surface area contributed by atoms with Crippen LogP contribution in [0, 0.1) is 0 Å². The topological polar surface area (TPSA) is 73.8 Å². The fraction of sp³-hybridized carbons (Fsp3) is 0.733. The highest BCUT2D eigenvalue weighted by atomic mass is 16.5. The van der Waals surface area contributed by atoms with Gasteiger partial charge in [-0.25, -0.2) is 9.97 Å². The molecule has 2 N–H and O–H groups in total. The lowest BCUT2D eigenvalue weighted by Gasteiger charge is -2.26. The fourth-order valence-electron chi connectivity index (χ4n) is 3.09. The third-order valence-corrected chi connectivity index (χ3v) is 4.37. The molecular formula is C15H25N5O2. The Balaban J connectivity index is 1.52. The lowest BCUT2D eigenvalue weighted by atomic mass is 10.2. The number of hydrogen-bond acceptors (Lipinski definition) is 7. The number of aliphatic hydroxyl groups excluding tert-OH is 1. The summed E-state index contributed by atoms with van der Waals surface area (Å²) in [4.78, 5) is 13.2. The van der Waals surface area contributed by atoms with Gasteiger partial charge in [0.05, 0.1) is 25.9 Å². The zero-order valence-corrected chi connectivity index (χ0v) is 12.9. The number of rotatable bonds is 6. The van der Waals surface area contributed by atoms with E-state index in [9.17, 15) is 5.11 Å². The van der Waals surface area contributed by atoms with Gasteiger partial charge in [0.2, 0.25) is 0 Å². The highest BCUT2D eigenvalue weighted by Gasteiger charge is 2.25. The van der Waals surface area contributed by atoms with Gasteiger partial charge in [-0.2, -0.15) is 0 Å². The second-order valence-electron chi connectivity index (χ2n) is 5.81. The van der Waals surface area contributed by atoms with Gasteiger partial charge >= 0.3 is 0 Å². The van der Waals surface area contributed by atoms with Gasteiger partial charge in [0.15, 0.2) is 0 Å². The normalized spacial score (nSPS) is 23.0. The summed E-state index contributed by atoms with van der Waals surface area (Å²) in [7, 11) is 0. The largest absolute Gasteiger partial charge is 0.394 e. The van der Waals surface area contributed by atoms with Crippen LogP contribution >= 0.6 is 0 Å². The van der Waals surface area contributed by atoms with Crippen molar-refractivity contribution in [3.63, 3.8) is 0 Å². The zero-order valence-electron chi connectivity index (χ0n) is 12.9. The Labute approximate surface area is 131 Å².